The first kappa shape index (κ1) is 21.9. The lowest BCUT2D eigenvalue weighted by atomic mass is 10.2. The number of ether oxygens (including phenoxy) is 3. The summed E-state index contributed by atoms with van der Waals surface area (Å²) in [6.07, 6.45) is 0.714. The highest BCUT2D eigenvalue weighted by Gasteiger charge is 2.17. The molecule has 0 aliphatic heterocycles. The second kappa shape index (κ2) is 10.8. The number of benzene rings is 1. The molecule has 1 aromatic heterocycles. The lowest BCUT2D eigenvalue weighted by Gasteiger charge is -2.07. The Morgan fingerprint density at radius 1 is 1.21 bits per heavy atom. The number of carbonyl (C=O) groups is 1. The average Bonchev–Trinajstić information content (AvgIpc) is 3.04. The Morgan fingerprint density at radius 3 is 2.64 bits per heavy atom. The minimum Gasteiger partial charge on any atom is -0.493 e. The number of amides is 1. The first-order valence-electron chi connectivity index (χ1n) is 8.77. The van der Waals surface area contributed by atoms with Crippen molar-refractivity contribution in [2.75, 3.05) is 40.2 Å². The van der Waals surface area contributed by atoms with Gasteiger partial charge in [-0.05, 0) is 31.5 Å². The highest BCUT2D eigenvalue weighted by molar-refractivity contribution is 7.84. The highest BCUT2D eigenvalue weighted by atomic mass is 32.2. The van der Waals surface area contributed by atoms with Gasteiger partial charge in [-0.3, -0.25) is 9.00 Å². The number of hydrogen-bond donors (Lipinski definition) is 1. The van der Waals surface area contributed by atoms with Crippen LogP contribution in [0, 0.1) is 6.92 Å². The molecule has 0 aliphatic carbocycles. The Kier molecular flexibility index (Phi) is 8.46. The molecular weight excluding hydrogens is 384 g/mol. The first-order valence-corrected chi connectivity index (χ1v) is 10.3. The molecule has 0 spiro atoms. The number of carbonyl (C=O) groups excluding carboxylic acids is 1. The van der Waals surface area contributed by atoms with E-state index in [1.54, 1.807) is 46.5 Å². The summed E-state index contributed by atoms with van der Waals surface area (Å²) in [5.74, 6) is 1.95. The third kappa shape index (κ3) is 6.07. The summed E-state index contributed by atoms with van der Waals surface area (Å²) in [7, 11) is 3.34. The zero-order valence-corrected chi connectivity index (χ0v) is 17.4. The number of nitrogens with one attached hydrogen (secondary N) is 1. The Balaban J connectivity index is 2.00. The third-order valence-electron chi connectivity index (χ3n) is 3.96. The molecule has 0 saturated carbocycles. The van der Waals surface area contributed by atoms with E-state index in [2.05, 4.69) is 10.3 Å². The Bertz CT molecular complexity index is 821. The molecule has 1 amide bonds. The molecule has 1 heterocycles. The summed E-state index contributed by atoms with van der Waals surface area (Å²) in [6, 6.07) is 5.33. The van der Waals surface area contributed by atoms with Gasteiger partial charge < -0.3 is 23.9 Å². The van der Waals surface area contributed by atoms with Gasteiger partial charge in [0.15, 0.2) is 11.5 Å². The van der Waals surface area contributed by atoms with Crippen molar-refractivity contribution < 1.29 is 27.6 Å². The molecule has 2 rings (SSSR count). The number of oxazole rings is 1. The first-order chi connectivity index (χ1) is 13.5. The number of methoxy groups -OCH3 is 3. The quantitative estimate of drug-likeness (QED) is 0.566. The molecule has 1 unspecified atom stereocenters. The Morgan fingerprint density at radius 2 is 1.96 bits per heavy atom. The van der Waals surface area contributed by atoms with Crippen molar-refractivity contribution in [2.24, 2.45) is 0 Å². The third-order valence-corrected chi connectivity index (χ3v) is 5.14. The number of aromatic nitrogens is 1. The van der Waals surface area contributed by atoms with Gasteiger partial charge >= 0.3 is 0 Å². The summed E-state index contributed by atoms with van der Waals surface area (Å²) in [5.41, 5.74) is 1.28. The van der Waals surface area contributed by atoms with Gasteiger partial charge in [0, 0.05) is 36.6 Å². The van der Waals surface area contributed by atoms with Crippen molar-refractivity contribution in [1.29, 1.82) is 0 Å². The summed E-state index contributed by atoms with van der Waals surface area (Å²) in [5, 5.41) is 2.72. The van der Waals surface area contributed by atoms with Crippen LogP contribution in [0.2, 0.25) is 0 Å². The maximum Gasteiger partial charge on any atom is 0.232 e. The van der Waals surface area contributed by atoms with Gasteiger partial charge in [0.1, 0.15) is 11.5 Å². The molecule has 1 atom stereocenters. The Labute approximate surface area is 167 Å². The molecule has 0 bridgehead atoms. The van der Waals surface area contributed by atoms with Gasteiger partial charge in [0.25, 0.3) is 0 Å². The van der Waals surface area contributed by atoms with Gasteiger partial charge in [-0.15, -0.1) is 0 Å². The van der Waals surface area contributed by atoms with Crippen LogP contribution in [0.3, 0.4) is 0 Å². The van der Waals surface area contributed by atoms with Gasteiger partial charge in [0.05, 0.1) is 25.7 Å². The number of rotatable bonds is 11. The van der Waals surface area contributed by atoms with Gasteiger partial charge in [-0.1, -0.05) is 0 Å². The van der Waals surface area contributed by atoms with Crippen molar-refractivity contribution in [1.82, 2.24) is 10.3 Å². The van der Waals surface area contributed by atoms with Crippen LogP contribution < -0.4 is 14.8 Å². The predicted molar refractivity (Wildman–Crippen MR) is 106 cm³/mol. The molecule has 28 heavy (non-hydrogen) atoms. The van der Waals surface area contributed by atoms with E-state index in [0.29, 0.717) is 54.0 Å². The SMILES string of the molecule is COCCCNC(=O)CS(=O)Cc1nc(-c2ccc(OC)c(OC)c2)oc1C. The fraction of sp³-hybridized carbons (Fsp3) is 0.474. The van der Waals surface area contributed by atoms with E-state index in [1.165, 1.54) is 0 Å². The predicted octanol–water partition coefficient (Wildman–Crippen LogP) is 2.07. The summed E-state index contributed by atoms with van der Waals surface area (Å²) in [4.78, 5) is 16.3. The number of aryl methyl sites for hydroxylation is 1. The van der Waals surface area contributed by atoms with Crippen LogP contribution in [0.4, 0.5) is 0 Å². The van der Waals surface area contributed by atoms with Crippen LogP contribution >= 0.6 is 0 Å². The second-order valence-corrected chi connectivity index (χ2v) is 7.47. The molecule has 2 aromatic rings. The minimum absolute atomic E-state index is 0.0784. The molecule has 154 valence electrons. The van der Waals surface area contributed by atoms with Crippen LogP contribution in [0.15, 0.2) is 22.6 Å². The molecule has 0 fully saturated rings. The van der Waals surface area contributed by atoms with Crippen molar-refractivity contribution in [3.63, 3.8) is 0 Å². The van der Waals surface area contributed by atoms with Gasteiger partial charge in [-0.2, -0.15) is 0 Å². The molecule has 8 nitrogen and oxygen atoms in total. The maximum atomic E-state index is 12.3. The lowest BCUT2D eigenvalue weighted by molar-refractivity contribution is -0.118. The van der Waals surface area contributed by atoms with Crippen molar-refractivity contribution in [3.8, 4) is 23.0 Å². The number of hydrogen-bond acceptors (Lipinski definition) is 7. The van der Waals surface area contributed by atoms with E-state index in [1.807, 2.05) is 0 Å². The largest absolute Gasteiger partial charge is 0.493 e. The fourth-order valence-corrected chi connectivity index (χ4v) is 3.57. The standard InChI is InChI=1S/C19H26N2O6S/c1-13-15(11-28(23)12-18(22)20-8-5-9-24-2)21-19(27-13)14-6-7-16(25-3)17(10-14)26-4/h6-7,10H,5,8-9,11-12H2,1-4H3,(H,20,22). The van der Waals surface area contributed by atoms with E-state index in [0.717, 1.165) is 0 Å². The van der Waals surface area contributed by atoms with Gasteiger partial charge in [0.2, 0.25) is 11.8 Å². The molecule has 9 heteroatoms. The van der Waals surface area contributed by atoms with Crippen molar-refractivity contribution in [3.05, 3.63) is 29.7 Å². The van der Waals surface area contributed by atoms with Crippen molar-refractivity contribution >= 4 is 16.7 Å². The topological polar surface area (TPSA) is 99.9 Å². The van der Waals surface area contributed by atoms with Crippen LogP contribution in [0.1, 0.15) is 17.9 Å². The van der Waals surface area contributed by atoms with E-state index in [4.69, 9.17) is 18.6 Å². The average molecular weight is 410 g/mol. The molecular formula is C19H26N2O6S. The van der Waals surface area contributed by atoms with E-state index in [-0.39, 0.29) is 17.4 Å². The fourth-order valence-electron chi connectivity index (χ4n) is 2.50. The normalized spacial score (nSPS) is 11.9. The second-order valence-electron chi connectivity index (χ2n) is 6.02. The van der Waals surface area contributed by atoms with Crippen LogP contribution in [-0.2, 0) is 26.1 Å². The van der Waals surface area contributed by atoms with Gasteiger partial charge in [-0.25, -0.2) is 4.98 Å². The summed E-state index contributed by atoms with van der Waals surface area (Å²) < 4.78 is 33.5. The Hall–Kier alpha value is -2.39. The van der Waals surface area contributed by atoms with E-state index < -0.39 is 10.8 Å². The summed E-state index contributed by atoms with van der Waals surface area (Å²) >= 11 is 0. The molecule has 0 aliphatic rings. The zero-order chi connectivity index (χ0) is 20.5. The van der Waals surface area contributed by atoms with E-state index >= 15 is 0 Å². The lowest BCUT2D eigenvalue weighted by Crippen LogP contribution is -2.30. The zero-order valence-electron chi connectivity index (χ0n) is 16.6. The molecule has 1 N–H and O–H groups in total. The van der Waals surface area contributed by atoms with Crippen molar-refractivity contribution in [2.45, 2.75) is 19.1 Å². The highest BCUT2D eigenvalue weighted by Crippen LogP contribution is 2.32. The van der Waals surface area contributed by atoms with E-state index in [9.17, 15) is 9.00 Å². The smallest absolute Gasteiger partial charge is 0.232 e. The van der Waals surface area contributed by atoms with Crippen LogP contribution in [0.25, 0.3) is 11.5 Å². The molecule has 1 aromatic carbocycles. The molecule has 0 saturated heterocycles. The van der Waals surface area contributed by atoms with Crippen LogP contribution in [0.5, 0.6) is 11.5 Å². The summed E-state index contributed by atoms with van der Waals surface area (Å²) in [6.45, 7) is 2.82. The monoisotopic (exact) mass is 410 g/mol. The molecule has 0 radical (unpaired) electrons. The minimum atomic E-state index is -1.38. The number of nitrogens with zero attached hydrogens (tertiary/aromatic N) is 1. The maximum absolute atomic E-state index is 12.3. The van der Waals surface area contributed by atoms with Crippen LogP contribution in [-0.4, -0.2) is 55.3 Å².